The minimum Gasteiger partial charge on any atom is -0.455 e. The molecule has 0 bridgehead atoms. The first-order valence-electron chi connectivity index (χ1n) is 18.7. The van der Waals surface area contributed by atoms with Crippen molar-refractivity contribution in [1.82, 2.24) is 0 Å². The summed E-state index contributed by atoms with van der Waals surface area (Å²) < 4.78 is 17.6. The molecule has 0 saturated carbocycles. The lowest BCUT2D eigenvalue weighted by Crippen LogP contribution is -2.33. The van der Waals surface area contributed by atoms with Gasteiger partial charge in [-0.3, -0.25) is 0 Å². The highest BCUT2D eigenvalue weighted by molar-refractivity contribution is 5.90. The van der Waals surface area contributed by atoms with Crippen molar-refractivity contribution >= 4 is 5.97 Å². The highest BCUT2D eigenvalue weighted by atomic mass is 16.6. The van der Waals surface area contributed by atoms with Crippen LogP contribution in [-0.4, -0.2) is 81.3 Å². The van der Waals surface area contributed by atoms with Gasteiger partial charge in [-0.1, -0.05) is 84.0 Å². The molecule has 3 heterocycles. The van der Waals surface area contributed by atoms with E-state index in [1.54, 1.807) is 0 Å². The first-order chi connectivity index (χ1) is 21.8. The van der Waals surface area contributed by atoms with Crippen LogP contribution >= 0.6 is 0 Å². The Morgan fingerprint density at radius 2 is 1.11 bits per heavy atom. The topological polar surface area (TPSA) is 126 Å². The van der Waals surface area contributed by atoms with Crippen LogP contribution in [-0.2, 0) is 19.0 Å². The summed E-state index contributed by atoms with van der Waals surface area (Å²) in [6, 6.07) is 0. The van der Waals surface area contributed by atoms with Gasteiger partial charge >= 0.3 is 5.97 Å². The summed E-state index contributed by atoms with van der Waals surface area (Å²) in [5, 5.41) is 41.8. The molecular formula is C37H66O8. The van der Waals surface area contributed by atoms with Gasteiger partial charge in [-0.15, -0.1) is 0 Å². The van der Waals surface area contributed by atoms with E-state index < -0.39 is 24.4 Å². The van der Waals surface area contributed by atoms with Crippen LogP contribution in [0, 0.1) is 0 Å². The number of ether oxygens (including phenoxy) is 3. The molecule has 45 heavy (non-hydrogen) atoms. The van der Waals surface area contributed by atoms with Gasteiger partial charge in [0.05, 0.1) is 48.8 Å². The molecule has 0 amide bonds. The van der Waals surface area contributed by atoms with Crippen molar-refractivity contribution in [3.63, 3.8) is 0 Å². The predicted molar refractivity (Wildman–Crippen MR) is 177 cm³/mol. The average molecular weight is 639 g/mol. The molecule has 8 heteroatoms. The van der Waals surface area contributed by atoms with E-state index in [0.717, 1.165) is 82.6 Å². The lowest BCUT2D eigenvalue weighted by atomic mass is 9.98. The predicted octanol–water partition coefficient (Wildman–Crippen LogP) is 6.83. The smallest absolute Gasteiger partial charge is 0.334 e. The Kier molecular flexibility index (Phi) is 18.6. The minimum atomic E-state index is -0.729. The maximum atomic E-state index is 11.6. The van der Waals surface area contributed by atoms with Crippen molar-refractivity contribution in [3.05, 3.63) is 11.6 Å². The zero-order chi connectivity index (χ0) is 32.4. The third-order valence-electron chi connectivity index (χ3n) is 10.2. The van der Waals surface area contributed by atoms with E-state index in [2.05, 4.69) is 6.92 Å². The maximum Gasteiger partial charge on any atom is 0.334 e. The van der Waals surface area contributed by atoms with Gasteiger partial charge < -0.3 is 34.6 Å². The molecule has 0 radical (unpaired) electrons. The number of aliphatic hydroxyl groups excluding tert-OH is 4. The van der Waals surface area contributed by atoms with Crippen molar-refractivity contribution in [3.8, 4) is 0 Å². The zero-order valence-corrected chi connectivity index (χ0v) is 28.5. The highest BCUT2D eigenvalue weighted by Crippen LogP contribution is 2.34. The molecule has 4 N–H and O–H groups in total. The third kappa shape index (κ3) is 14.3. The summed E-state index contributed by atoms with van der Waals surface area (Å²) in [4.78, 5) is 11.6. The molecule has 2 fully saturated rings. The van der Waals surface area contributed by atoms with Crippen molar-refractivity contribution in [2.75, 3.05) is 0 Å². The first-order valence-corrected chi connectivity index (χ1v) is 18.7. The summed E-state index contributed by atoms with van der Waals surface area (Å²) >= 11 is 0. The van der Waals surface area contributed by atoms with E-state index in [9.17, 15) is 25.2 Å². The van der Waals surface area contributed by atoms with E-state index in [0.29, 0.717) is 25.7 Å². The summed E-state index contributed by atoms with van der Waals surface area (Å²) in [7, 11) is 0. The van der Waals surface area contributed by atoms with Crippen molar-refractivity contribution in [1.29, 1.82) is 0 Å². The van der Waals surface area contributed by atoms with Crippen LogP contribution in [0.15, 0.2) is 11.6 Å². The molecule has 3 rings (SSSR count). The van der Waals surface area contributed by atoms with Gasteiger partial charge in [0.25, 0.3) is 0 Å². The van der Waals surface area contributed by atoms with Crippen LogP contribution in [0.3, 0.4) is 0 Å². The van der Waals surface area contributed by atoms with E-state index in [4.69, 9.17) is 14.2 Å². The molecule has 8 nitrogen and oxygen atoms in total. The Morgan fingerprint density at radius 3 is 1.62 bits per heavy atom. The number of carbonyl (C=O) groups is 1. The molecule has 3 aliphatic rings. The van der Waals surface area contributed by atoms with Gasteiger partial charge in [0.2, 0.25) is 0 Å². The van der Waals surface area contributed by atoms with Crippen LogP contribution in [0.1, 0.15) is 162 Å². The van der Waals surface area contributed by atoms with E-state index in [1.165, 1.54) is 44.9 Å². The van der Waals surface area contributed by atoms with Gasteiger partial charge in [-0.2, -0.15) is 0 Å². The highest BCUT2D eigenvalue weighted by Gasteiger charge is 2.40. The standard InChI is InChI=1S/C37H66O8/c1-3-4-13-18-29(38)30(39)20-16-21-32(41)34-23-25-36(45-34)35-24-22-33(44-35)31(40)19-15-12-10-8-6-5-7-9-11-14-17-28-26-27(2)43-37(28)42/h26-27,29-36,38-41H,3-25H2,1-2H3/t27-,29+,30-,31+,32-,33+,34+,35+,36+/m0/s1. The fourth-order valence-corrected chi connectivity index (χ4v) is 7.29. The second kappa shape index (κ2) is 21.8. The van der Waals surface area contributed by atoms with Gasteiger partial charge in [0.15, 0.2) is 0 Å². The molecule has 0 aromatic heterocycles. The Bertz CT molecular complexity index is 833. The fourth-order valence-electron chi connectivity index (χ4n) is 7.29. The molecule has 9 atom stereocenters. The largest absolute Gasteiger partial charge is 0.455 e. The number of esters is 1. The SMILES string of the molecule is CCCCC[C@@H](O)[C@@H](O)CCC[C@H](O)[C@H]1CC[C@H]([C@H]2CC[C@H]([C@H](O)CCCCCCCCCCCCC3=C[C@H](C)OC3=O)O2)O1. The van der Waals surface area contributed by atoms with E-state index in [-0.39, 0.29) is 36.5 Å². The Morgan fingerprint density at radius 1 is 0.644 bits per heavy atom. The third-order valence-corrected chi connectivity index (χ3v) is 10.2. The summed E-state index contributed by atoms with van der Waals surface area (Å²) in [5.41, 5.74) is 0.857. The molecule has 0 spiro atoms. The van der Waals surface area contributed by atoms with Crippen LogP contribution in [0.25, 0.3) is 0 Å². The molecule has 3 aliphatic heterocycles. The Labute approximate surface area is 273 Å². The number of aliphatic hydroxyl groups is 4. The number of hydrogen-bond donors (Lipinski definition) is 4. The second-order valence-corrected chi connectivity index (χ2v) is 14.2. The fraction of sp³-hybridized carbons (Fsp3) is 0.919. The molecule has 0 aliphatic carbocycles. The quantitative estimate of drug-likeness (QED) is 0.0634. The summed E-state index contributed by atoms with van der Waals surface area (Å²) in [5.74, 6) is -0.129. The number of cyclic esters (lactones) is 1. The van der Waals surface area contributed by atoms with Gasteiger partial charge in [0, 0.05) is 5.57 Å². The van der Waals surface area contributed by atoms with Crippen LogP contribution in [0.5, 0.6) is 0 Å². The molecule has 2 saturated heterocycles. The van der Waals surface area contributed by atoms with E-state index >= 15 is 0 Å². The van der Waals surface area contributed by atoms with Crippen molar-refractivity contribution < 1.29 is 39.4 Å². The van der Waals surface area contributed by atoms with Crippen molar-refractivity contribution in [2.45, 2.75) is 216 Å². The Balaban J connectivity index is 1.14. The van der Waals surface area contributed by atoms with Crippen LogP contribution in [0.2, 0.25) is 0 Å². The van der Waals surface area contributed by atoms with Gasteiger partial charge in [-0.05, 0) is 83.6 Å². The van der Waals surface area contributed by atoms with Crippen molar-refractivity contribution in [2.24, 2.45) is 0 Å². The van der Waals surface area contributed by atoms with E-state index in [1.807, 2.05) is 13.0 Å². The first kappa shape index (κ1) is 38.4. The maximum absolute atomic E-state index is 11.6. The van der Waals surface area contributed by atoms with Gasteiger partial charge in [-0.25, -0.2) is 4.79 Å². The molecule has 262 valence electrons. The molecule has 0 aromatic carbocycles. The normalized spacial score (nSPS) is 27.8. The lowest BCUT2D eigenvalue weighted by molar-refractivity contribution is -0.139. The van der Waals surface area contributed by atoms with Gasteiger partial charge in [0.1, 0.15) is 6.10 Å². The Hall–Kier alpha value is -1.03. The second-order valence-electron chi connectivity index (χ2n) is 14.2. The lowest BCUT2D eigenvalue weighted by Gasteiger charge is -2.24. The minimum absolute atomic E-state index is 0.0121. The average Bonchev–Trinajstić information content (AvgIpc) is 3.77. The number of hydrogen-bond acceptors (Lipinski definition) is 8. The molecular weight excluding hydrogens is 572 g/mol. The summed E-state index contributed by atoms with van der Waals surface area (Å²) in [6.45, 7) is 4.03. The monoisotopic (exact) mass is 638 g/mol. The molecule has 0 unspecified atom stereocenters. The number of unbranched alkanes of at least 4 members (excludes halogenated alkanes) is 11. The zero-order valence-electron chi connectivity index (χ0n) is 28.5. The molecule has 0 aromatic rings. The van der Waals surface area contributed by atoms with Crippen LogP contribution < -0.4 is 0 Å². The van der Waals surface area contributed by atoms with Crippen LogP contribution in [0.4, 0.5) is 0 Å². The summed E-state index contributed by atoms with van der Waals surface area (Å²) in [6.07, 6.45) is 21.5. The number of rotatable bonds is 25. The number of carbonyl (C=O) groups excluding carboxylic acids is 1.